The van der Waals surface area contributed by atoms with E-state index < -0.39 is 0 Å². The number of rotatable bonds is 3. The van der Waals surface area contributed by atoms with Gasteiger partial charge in [0.05, 0.1) is 5.56 Å². The summed E-state index contributed by atoms with van der Waals surface area (Å²) in [5.41, 5.74) is 8.08. The molecule has 0 aliphatic heterocycles. The number of nitrogens with one attached hydrogen (secondary N) is 2. The molecule has 0 saturated carbocycles. The van der Waals surface area contributed by atoms with Gasteiger partial charge < -0.3 is 16.4 Å². The second-order valence-corrected chi connectivity index (χ2v) is 4.60. The highest BCUT2D eigenvalue weighted by Crippen LogP contribution is 2.21. The number of carbonyl (C=O) groups is 2. The lowest BCUT2D eigenvalue weighted by molar-refractivity contribution is -0.114. The number of hydrogen-bond donors (Lipinski definition) is 3. The quantitative estimate of drug-likeness (QED) is 0.804. The molecular weight excluding hydrogens is 268 g/mol. The molecule has 0 saturated heterocycles. The summed E-state index contributed by atoms with van der Waals surface area (Å²) in [5, 5.41) is 5.44. The van der Waals surface area contributed by atoms with Gasteiger partial charge in [-0.25, -0.2) is 4.98 Å². The summed E-state index contributed by atoms with van der Waals surface area (Å²) in [6.45, 7) is 3.29. The third-order valence-electron chi connectivity index (χ3n) is 2.89. The summed E-state index contributed by atoms with van der Waals surface area (Å²) in [4.78, 5) is 27.2. The van der Waals surface area contributed by atoms with Crippen LogP contribution in [-0.2, 0) is 4.79 Å². The standard InChI is InChI=1S/C15H16N4O2/c1-9-5-6-11(18-10(2)20)8-13(9)19-15(21)12-4-3-7-17-14(12)16/h3-8H,1-2H3,(H2,16,17)(H,18,20)(H,19,21). The number of pyridine rings is 1. The summed E-state index contributed by atoms with van der Waals surface area (Å²) in [6, 6.07) is 8.52. The van der Waals surface area contributed by atoms with Crippen molar-refractivity contribution in [3.63, 3.8) is 0 Å². The van der Waals surface area contributed by atoms with Gasteiger partial charge in [0.1, 0.15) is 5.82 Å². The number of nitrogen functional groups attached to an aromatic ring is 1. The monoisotopic (exact) mass is 284 g/mol. The maximum Gasteiger partial charge on any atom is 0.259 e. The number of aromatic nitrogens is 1. The first-order chi connectivity index (χ1) is 9.97. The van der Waals surface area contributed by atoms with E-state index >= 15 is 0 Å². The fourth-order valence-electron chi connectivity index (χ4n) is 1.84. The average molecular weight is 284 g/mol. The van der Waals surface area contributed by atoms with E-state index in [-0.39, 0.29) is 17.6 Å². The van der Waals surface area contributed by atoms with Gasteiger partial charge in [0.2, 0.25) is 5.91 Å². The topological polar surface area (TPSA) is 97.1 Å². The number of amides is 2. The zero-order valence-electron chi connectivity index (χ0n) is 11.8. The van der Waals surface area contributed by atoms with Gasteiger partial charge in [-0.3, -0.25) is 9.59 Å². The van der Waals surface area contributed by atoms with Crippen LogP contribution >= 0.6 is 0 Å². The van der Waals surface area contributed by atoms with Crippen LogP contribution in [0.1, 0.15) is 22.8 Å². The zero-order chi connectivity index (χ0) is 15.4. The molecule has 0 radical (unpaired) electrons. The van der Waals surface area contributed by atoms with E-state index in [9.17, 15) is 9.59 Å². The average Bonchev–Trinajstić information content (AvgIpc) is 2.42. The Morgan fingerprint density at radius 2 is 1.95 bits per heavy atom. The van der Waals surface area contributed by atoms with Crippen LogP contribution in [0.2, 0.25) is 0 Å². The Kier molecular flexibility index (Phi) is 4.18. The molecule has 0 fully saturated rings. The molecule has 0 bridgehead atoms. The summed E-state index contributed by atoms with van der Waals surface area (Å²) in [6.07, 6.45) is 1.52. The Balaban J connectivity index is 2.24. The fourth-order valence-corrected chi connectivity index (χ4v) is 1.84. The molecule has 1 aromatic carbocycles. The Labute approximate surface area is 122 Å². The SMILES string of the molecule is CC(=O)Nc1ccc(C)c(NC(=O)c2cccnc2N)c1. The number of anilines is 3. The van der Waals surface area contributed by atoms with E-state index in [1.54, 1.807) is 24.3 Å². The number of carbonyl (C=O) groups excluding carboxylic acids is 2. The van der Waals surface area contributed by atoms with Gasteiger partial charge in [-0.15, -0.1) is 0 Å². The van der Waals surface area contributed by atoms with Crippen LogP contribution in [0.4, 0.5) is 17.2 Å². The molecule has 0 aliphatic carbocycles. The van der Waals surface area contributed by atoms with Crippen molar-refractivity contribution < 1.29 is 9.59 Å². The lowest BCUT2D eigenvalue weighted by atomic mass is 10.1. The summed E-state index contributed by atoms with van der Waals surface area (Å²) in [5.74, 6) is -0.345. The molecular formula is C15H16N4O2. The minimum atomic E-state index is -0.344. The lowest BCUT2D eigenvalue weighted by Crippen LogP contribution is -2.16. The molecule has 2 rings (SSSR count). The molecule has 2 aromatic rings. The summed E-state index contributed by atoms with van der Waals surface area (Å²) >= 11 is 0. The maximum atomic E-state index is 12.2. The van der Waals surface area contributed by atoms with Crippen molar-refractivity contribution in [2.75, 3.05) is 16.4 Å². The van der Waals surface area contributed by atoms with Crippen LogP contribution in [0.15, 0.2) is 36.5 Å². The first kappa shape index (κ1) is 14.5. The van der Waals surface area contributed by atoms with E-state index in [0.717, 1.165) is 5.56 Å². The maximum absolute atomic E-state index is 12.2. The van der Waals surface area contributed by atoms with Crippen LogP contribution in [0.5, 0.6) is 0 Å². The molecule has 2 amide bonds. The molecule has 1 heterocycles. The smallest absolute Gasteiger partial charge is 0.259 e. The van der Waals surface area contributed by atoms with Crippen LogP contribution < -0.4 is 16.4 Å². The van der Waals surface area contributed by atoms with Gasteiger partial charge in [-0.05, 0) is 36.8 Å². The van der Waals surface area contributed by atoms with E-state index in [1.807, 2.05) is 13.0 Å². The number of benzene rings is 1. The highest BCUT2D eigenvalue weighted by molar-refractivity contribution is 6.07. The van der Waals surface area contributed by atoms with Crippen molar-refractivity contribution in [2.45, 2.75) is 13.8 Å². The van der Waals surface area contributed by atoms with Crippen LogP contribution in [-0.4, -0.2) is 16.8 Å². The molecule has 0 spiro atoms. The third-order valence-corrected chi connectivity index (χ3v) is 2.89. The van der Waals surface area contributed by atoms with Crippen LogP contribution in [0.25, 0.3) is 0 Å². The number of nitrogens with zero attached hydrogens (tertiary/aromatic N) is 1. The molecule has 21 heavy (non-hydrogen) atoms. The molecule has 0 atom stereocenters. The molecule has 1 aromatic heterocycles. The molecule has 0 unspecified atom stereocenters. The second-order valence-electron chi connectivity index (χ2n) is 4.60. The molecule has 4 N–H and O–H groups in total. The van der Waals surface area contributed by atoms with Crippen LogP contribution in [0, 0.1) is 6.92 Å². The molecule has 6 heteroatoms. The van der Waals surface area contributed by atoms with Gasteiger partial charge in [-0.1, -0.05) is 6.07 Å². The van der Waals surface area contributed by atoms with Gasteiger partial charge in [0.15, 0.2) is 0 Å². The van der Waals surface area contributed by atoms with Crippen molar-refractivity contribution in [1.82, 2.24) is 4.98 Å². The van der Waals surface area contributed by atoms with E-state index in [0.29, 0.717) is 16.9 Å². The van der Waals surface area contributed by atoms with E-state index in [1.165, 1.54) is 13.1 Å². The molecule has 6 nitrogen and oxygen atoms in total. The minimum Gasteiger partial charge on any atom is -0.383 e. The Morgan fingerprint density at radius 1 is 1.19 bits per heavy atom. The first-order valence-electron chi connectivity index (χ1n) is 6.37. The zero-order valence-corrected chi connectivity index (χ0v) is 11.8. The van der Waals surface area contributed by atoms with Gasteiger partial charge in [-0.2, -0.15) is 0 Å². The largest absolute Gasteiger partial charge is 0.383 e. The van der Waals surface area contributed by atoms with Crippen molar-refractivity contribution in [3.05, 3.63) is 47.7 Å². The van der Waals surface area contributed by atoms with Gasteiger partial charge >= 0.3 is 0 Å². The normalized spacial score (nSPS) is 10.0. The van der Waals surface area contributed by atoms with Crippen molar-refractivity contribution in [1.29, 1.82) is 0 Å². The third kappa shape index (κ3) is 3.56. The predicted molar refractivity (Wildman–Crippen MR) is 82.1 cm³/mol. The summed E-state index contributed by atoms with van der Waals surface area (Å²) in [7, 11) is 0. The minimum absolute atomic E-state index is 0.172. The Morgan fingerprint density at radius 3 is 2.62 bits per heavy atom. The molecule has 0 aliphatic rings. The van der Waals surface area contributed by atoms with E-state index in [4.69, 9.17) is 5.73 Å². The second kappa shape index (κ2) is 6.04. The highest BCUT2D eigenvalue weighted by Gasteiger charge is 2.12. The van der Waals surface area contributed by atoms with E-state index in [2.05, 4.69) is 15.6 Å². The predicted octanol–water partition coefficient (Wildman–Crippen LogP) is 2.18. The van der Waals surface area contributed by atoms with Gasteiger partial charge in [0, 0.05) is 24.5 Å². The van der Waals surface area contributed by atoms with Crippen LogP contribution in [0.3, 0.4) is 0 Å². The Bertz CT molecular complexity index is 698. The lowest BCUT2D eigenvalue weighted by Gasteiger charge is -2.11. The molecule has 108 valence electrons. The Hall–Kier alpha value is -2.89. The van der Waals surface area contributed by atoms with Crippen molar-refractivity contribution in [2.24, 2.45) is 0 Å². The summed E-state index contributed by atoms with van der Waals surface area (Å²) < 4.78 is 0. The van der Waals surface area contributed by atoms with Crippen molar-refractivity contribution >= 4 is 29.0 Å². The fraction of sp³-hybridized carbons (Fsp3) is 0.133. The number of hydrogen-bond acceptors (Lipinski definition) is 4. The van der Waals surface area contributed by atoms with Gasteiger partial charge in [0.25, 0.3) is 5.91 Å². The first-order valence-corrected chi connectivity index (χ1v) is 6.37. The highest BCUT2D eigenvalue weighted by atomic mass is 16.2. The number of aryl methyl sites for hydroxylation is 1. The van der Waals surface area contributed by atoms with Crippen molar-refractivity contribution in [3.8, 4) is 0 Å². The number of nitrogens with two attached hydrogens (primary N) is 1.